The minimum absolute atomic E-state index is 0.00302. The van der Waals surface area contributed by atoms with Crippen molar-refractivity contribution in [2.75, 3.05) is 19.5 Å². The van der Waals surface area contributed by atoms with Gasteiger partial charge in [0.25, 0.3) is 5.69 Å². The number of hydrogen-bond donors (Lipinski definition) is 1. The van der Waals surface area contributed by atoms with Crippen LogP contribution in [0.15, 0.2) is 60.7 Å². The molecule has 1 N–H and O–H groups in total. The van der Waals surface area contributed by atoms with Crippen LogP contribution in [-0.2, 0) is 0 Å². The Kier molecular flexibility index (Phi) is 4.41. The van der Waals surface area contributed by atoms with Crippen LogP contribution in [-0.4, -0.2) is 24.1 Å². The number of ether oxygens (including phenoxy) is 2. The van der Waals surface area contributed by atoms with Crippen LogP contribution >= 0.6 is 0 Å². The number of fused-ring (bicyclic) bond motifs is 2. The van der Waals surface area contributed by atoms with Crippen molar-refractivity contribution in [1.29, 1.82) is 0 Å². The smallest absolute Gasteiger partial charge is 0.271 e. The summed E-state index contributed by atoms with van der Waals surface area (Å²) in [6.07, 6.45) is 0. The highest BCUT2D eigenvalue weighted by atomic mass is 16.6. The quantitative estimate of drug-likeness (QED) is 0.298. The molecule has 0 bridgehead atoms. The van der Waals surface area contributed by atoms with Crippen LogP contribution in [0, 0.1) is 10.1 Å². The molecule has 4 rings (SSSR count). The second-order valence-electron chi connectivity index (χ2n) is 6.18. The number of aromatic nitrogens is 1. The first kappa shape index (κ1) is 17.5. The monoisotopic (exact) mass is 375 g/mol. The summed E-state index contributed by atoms with van der Waals surface area (Å²) in [5, 5.41) is 16.2. The van der Waals surface area contributed by atoms with E-state index in [-0.39, 0.29) is 5.69 Å². The number of nitro groups is 1. The van der Waals surface area contributed by atoms with Crippen LogP contribution in [0.1, 0.15) is 0 Å². The molecule has 0 saturated carbocycles. The number of benzene rings is 3. The zero-order valence-electron chi connectivity index (χ0n) is 15.3. The predicted octanol–water partition coefficient (Wildman–Crippen LogP) is 5.06. The fraction of sp³-hybridized carbons (Fsp3) is 0.0952. The topological polar surface area (TPSA) is 86.5 Å². The van der Waals surface area contributed by atoms with Crippen LogP contribution < -0.4 is 14.8 Å². The molecule has 1 aromatic heterocycles. The van der Waals surface area contributed by atoms with Gasteiger partial charge in [-0.05, 0) is 48.5 Å². The minimum atomic E-state index is -0.421. The maximum Gasteiger partial charge on any atom is 0.271 e. The number of methoxy groups -OCH3 is 2. The Morgan fingerprint density at radius 3 is 2.25 bits per heavy atom. The molecule has 0 atom stereocenters. The van der Waals surface area contributed by atoms with Crippen molar-refractivity contribution in [3.63, 3.8) is 0 Å². The van der Waals surface area contributed by atoms with Gasteiger partial charge in [-0.25, -0.2) is 4.98 Å². The SMILES string of the molecule is COc1ccc(Nc2c3ccc([N+](=O)[O-])cc3nc3ccc(OC)cc23)cc1. The van der Waals surface area contributed by atoms with Gasteiger partial charge in [0.2, 0.25) is 0 Å². The molecule has 0 aliphatic carbocycles. The molecule has 0 radical (unpaired) electrons. The van der Waals surface area contributed by atoms with E-state index < -0.39 is 4.92 Å². The van der Waals surface area contributed by atoms with Gasteiger partial charge in [0.15, 0.2) is 0 Å². The van der Waals surface area contributed by atoms with E-state index in [1.165, 1.54) is 12.1 Å². The molecular formula is C21H17N3O4. The summed E-state index contributed by atoms with van der Waals surface area (Å²) >= 11 is 0. The zero-order chi connectivity index (χ0) is 19.7. The molecule has 7 heteroatoms. The number of hydrogen-bond acceptors (Lipinski definition) is 6. The molecule has 0 amide bonds. The van der Waals surface area contributed by atoms with Crippen molar-refractivity contribution in [3.8, 4) is 11.5 Å². The lowest BCUT2D eigenvalue weighted by atomic mass is 10.1. The Balaban J connectivity index is 1.95. The van der Waals surface area contributed by atoms with E-state index in [9.17, 15) is 10.1 Å². The van der Waals surface area contributed by atoms with Gasteiger partial charge >= 0.3 is 0 Å². The Labute approximate surface area is 160 Å². The fourth-order valence-corrected chi connectivity index (χ4v) is 3.11. The number of nitrogens with zero attached hydrogens (tertiary/aromatic N) is 2. The summed E-state index contributed by atoms with van der Waals surface area (Å²) in [7, 11) is 3.22. The molecule has 140 valence electrons. The van der Waals surface area contributed by atoms with Gasteiger partial charge in [0.05, 0.1) is 35.9 Å². The highest BCUT2D eigenvalue weighted by Crippen LogP contribution is 2.36. The Hall–Kier alpha value is -3.87. The number of nitro benzene ring substituents is 1. The van der Waals surface area contributed by atoms with E-state index in [1.807, 2.05) is 42.5 Å². The standard InChI is InChI=1S/C21H17N3O4/c1-27-15-6-3-13(4-7-15)22-21-17-9-5-14(24(25)26)11-20(17)23-19-10-8-16(28-2)12-18(19)21/h3-12H,1-2H3,(H,22,23). The molecule has 28 heavy (non-hydrogen) atoms. The summed E-state index contributed by atoms with van der Waals surface area (Å²) < 4.78 is 10.6. The van der Waals surface area contributed by atoms with Crippen molar-refractivity contribution >= 4 is 38.9 Å². The maximum atomic E-state index is 11.2. The largest absolute Gasteiger partial charge is 0.497 e. The molecule has 7 nitrogen and oxygen atoms in total. The number of nitrogens with one attached hydrogen (secondary N) is 1. The van der Waals surface area contributed by atoms with Gasteiger partial charge in [-0.3, -0.25) is 10.1 Å². The van der Waals surface area contributed by atoms with Gasteiger partial charge < -0.3 is 14.8 Å². The first-order chi connectivity index (χ1) is 13.6. The predicted molar refractivity (Wildman–Crippen MR) is 109 cm³/mol. The van der Waals surface area contributed by atoms with E-state index in [4.69, 9.17) is 9.47 Å². The Bertz CT molecular complexity index is 1190. The van der Waals surface area contributed by atoms with Crippen molar-refractivity contribution in [1.82, 2.24) is 4.98 Å². The van der Waals surface area contributed by atoms with Gasteiger partial charge in [-0.15, -0.1) is 0 Å². The van der Waals surface area contributed by atoms with Gasteiger partial charge in [0.1, 0.15) is 11.5 Å². The van der Waals surface area contributed by atoms with Gasteiger partial charge in [-0.1, -0.05) is 0 Å². The normalized spacial score (nSPS) is 10.8. The first-order valence-electron chi connectivity index (χ1n) is 8.56. The molecule has 1 heterocycles. The average Bonchev–Trinajstić information content (AvgIpc) is 2.73. The number of anilines is 2. The molecule has 3 aromatic carbocycles. The molecular weight excluding hydrogens is 358 g/mol. The van der Waals surface area contributed by atoms with Crippen LogP contribution in [0.2, 0.25) is 0 Å². The van der Waals surface area contributed by atoms with E-state index in [0.717, 1.165) is 27.9 Å². The molecule has 0 aliphatic rings. The summed E-state index contributed by atoms with van der Waals surface area (Å²) in [6.45, 7) is 0. The number of rotatable bonds is 5. The van der Waals surface area contributed by atoms with E-state index >= 15 is 0 Å². The second kappa shape index (κ2) is 7.03. The van der Waals surface area contributed by atoms with Crippen molar-refractivity contribution < 1.29 is 14.4 Å². The van der Waals surface area contributed by atoms with E-state index in [0.29, 0.717) is 16.8 Å². The summed E-state index contributed by atoms with van der Waals surface area (Å²) in [4.78, 5) is 15.3. The lowest BCUT2D eigenvalue weighted by Crippen LogP contribution is -1.97. The molecule has 0 unspecified atom stereocenters. The summed E-state index contributed by atoms with van der Waals surface area (Å²) in [5.74, 6) is 1.46. The number of pyridine rings is 1. The fourth-order valence-electron chi connectivity index (χ4n) is 3.11. The average molecular weight is 375 g/mol. The third-order valence-electron chi connectivity index (χ3n) is 4.53. The van der Waals surface area contributed by atoms with Crippen LogP contribution in [0.3, 0.4) is 0 Å². The van der Waals surface area contributed by atoms with Gasteiger partial charge in [-0.2, -0.15) is 0 Å². The second-order valence-corrected chi connectivity index (χ2v) is 6.18. The highest BCUT2D eigenvalue weighted by molar-refractivity contribution is 6.09. The molecule has 0 spiro atoms. The third kappa shape index (κ3) is 3.14. The van der Waals surface area contributed by atoms with E-state index in [2.05, 4.69) is 10.3 Å². The van der Waals surface area contributed by atoms with Crippen molar-refractivity contribution in [3.05, 3.63) is 70.8 Å². The van der Waals surface area contributed by atoms with Crippen molar-refractivity contribution in [2.24, 2.45) is 0 Å². The van der Waals surface area contributed by atoms with Crippen LogP contribution in [0.25, 0.3) is 21.8 Å². The molecule has 4 aromatic rings. The molecule has 0 saturated heterocycles. The number of non-ortho nitro benzene ring substituents is 1. The van der Waals surface area contributed by atoms with Crippen molar-refractivity contribution in [2.45, 2.75) is 0 Å². The summed E-state index contributed by atoms with van der Waals surface area (Å²) in [5.41, 5.74) is 2.92. The van der Waals surface area contributed by atoms with Gasteiger partial charge in [0, 0.05) is 28.6 Å². The Morgan fingerprint density at radius 1 is 0.857 bits per heavy atom. The zero-order valence-corrected chi connectivity index (χ0v) is 15.3. The van der Waals surface area contributed by atoms with Crippen LogP contribution in [0.5, 0.6) is 11.5 Å². The van der Waals surface area contributed by atoms with Crippen LogP contribution in [0.4, 0.5) is 17.1 Å². The Morgan fingerprint density at radius 2 is 1.57 bits per heavy atom. The lowest BCUT2D eigenvalue weighted by Gasteiger charge is -2.14. The first-order valence-corrected chi connectivity index (χ1v) is 8.56. The lowest BCUT2D eigenvalue weighted by molar-refractivity contribution is -0.384. The summed E-state index contributed by atoms with van der Waals surface area (Å²) in [6, 6.07) is 17.8. The molecule has 0 fully saturated rings. The minimum Gasteiger partial charge on any atom is -0.497 e. The third-order valence-corrected chi connectivity index (χ3v) is 4.53. The van der Waals surface area contributed by atoms with E-state index in [1.54, 1.807) is 20.3 Å². The maximum absolute atomic E-state index is 11.2. The molecule has 0 aliphatic heterocycles. The highest BCUT2D eigenvalue weighted by Gasteiger charge is 2.14.